The minimum Gasteiger partial charge on any atom is -0.352 e. The van der Waals surface area contributed by atoms with Crippen LogP contribution in [-0.2, 0) is 0 Å². The van der Waals surface area contributed by atoms with Gasteiger partial charge in [-0.05, 0) is 44.3 Å². The van der Waals surface area contributed by atoms with Gasteiger partial charge >= 0.3 is 0 Å². The predicted molar refractivity (Wildman–Crippen MR) is 75.6 cm³/mol. The lowest BCUT2D eigenvalue weighted by molar-refractivity contribution is -0.385. The lowest BCUT2D eigenvalue weighted by Crippen LogP contribution is -2.33. The van der Waals surface area contributed by atoms with Gasteiger partial charge in [-0.25, -0.2) is 4.39 Å². The van der Waals surface area contributed by atoms with E-state index in [1.807, 2.05) is 0 Å². The van der Waals surface area contributed by atoms with Crippen LogP contribution in [0, 0.1) is 21.8 Å². The number of benzene rings is 1. The van der Waals surface area contributed by atoms with Gasteiger partial charge in [-0.3, -0.25) is 14.9 Å². The summed E-state index contributed by atoms with van der Waals surface area (Å²) in [6.07, 6.45) is 3.11. The zero-order valence-corrected chi connectivity index (χ0v) is 11.6. The highest BCUT2D eigenvalue weighted by atomic mass is 19.1. The zero-order valence-electron chi connectivity index (χ0n) is 11.6. The van der Waals surface area contributed by atoms with Gasteiger partial charge in [-0.15, -0.1) is 0 Å². The molecule has 114 valence electrons. The van der Waals surface area contributed by atoms with Crippen LogP contribution in [0.5, 0.6) is 0 Å². The number of halogens is 1. The monoisotopic (exact) mass is 295 g/mol. The van der Waals surface area contributed by atoms with Gasteiger partial charge in [0.1, 0.15) is 5.82 Å². The number of carbonyl (C=O) groups is 1. The average molecular weight is 295 g/mol. The summed E-state index contributed by atoms with van der Waals surface area (Å²) in [4.78, 5) is 21.7. The van der Waals surface area contributed by atoms with Gasteiger partial charge in [0, 0.05) is 12.6 Å². The second-order valence-corrected chi connectivity index (χ2v) is 5.18. The van der Waals surface area contributed by atoms with Gasteiger partial charge in [0.05, 0.1) is 16.6 Å². The molecule has 21 heavy (non-hydrogen) atoms. The fourth-order valence-corrected chi connectivity index (χ4v) is 2.46. The molecule has 1 saturated heterocycles. The zero-order chi connectivity index (χ0) is 15.2. The number of hydrogen-bond donors (Lipinski definition) is 2. The van der Waals surface area contributed by atoms with Crippen LogP contribution in [0.25, 0.3) is 0 Å². The Kier molecular flexibility index (Phi) is 5.21. The van der Waals surface area contributed by atoms with Gasteiger partial charge in [0.15, 0.2) is 0 Å². The van der Waals surface area contributed by atoms with E-state index in [9.17, 15) is 19.3 Å². The van der Waals surface area contributed by atoms with Crippen molar-refractivity contribution in [3.63, 3.8) is 0 Å². The molecule has 0 bridgehead atoms. The lowest BCUT2D eigenvalue weighted by Gasteiger charge is -2.22. The number of rotatable bonds is 5. The molecule has 1 aromatic carbocycles. The summed E-state index contributed by atoms with van der Waals surface area (Å²) in [5.41, 5.74) is -0.528. The second kappa shape index (κ2) is 7.12. The van der Waals surface area contributed by atoms with Crippen molar-refractivity contribution in [3.05, 3.63) is 39.7 Å². The van der Waals surface area contributed by atoms with Crippen LogP contribution in [0.2, 0.25) is 0 Å². The molecule has 1 fully saturated rings. The van der Waals surface area contributed by atoms with Crippen molar-refractivity contribution in [2.75, 3.05) is 19.6 Å². The lowest BCUT2D eigenvalue weighted by atomic mass is 9.96. The highest BCUT2D eigenvalue weighted by Crippen LogP contribution is 2.17. The van der Waals surface area contributed by atoms with E-state index in [1.165, 1.54) is 0 Å². The molecule has 0 aromatic heterocycles. The van der Waals surface area contributed by atoms with E-state index in [2.05, 4.69) is 10.6 Å². The van der Waals surface area contributed by atoms with E-state index in [0.717, 1.165) is 50.6 Å². The first-order chi connectivity index (χ1) is 10.1. The van der Waals surface area contributed by atoms with E-state index in [1.54, 1.807) is 0 Å². The van der Waals surface area contributed by atoms with E-state index in [4.69, 9.17) is 0 Å². The van der Waals surface area contributed by atoms with Gasteiger partial charge < -0.3 is 10.6 Å². The van der Waals surface area contributed by atoms with Crippen molar-refractivity contribution in [1.29, 1.82) is 0 Å². The van der Waals surface area contributed by atoms with Crippen LogP contribution in [0.4, 0.5) is 10.1 Å². The molecule has 1 unspecified atom stereocenters. The highest BCUT2D eigenvalue weighted by Gasteiger charge is 2.17. The first-order valence-corrected chi connectivity index (χ1v) is 7.01. The summed E-state index contributed by atoms with van der Waals surface area (Å²) in [6.45, 7) is 2.46. The van der Waals surface area contributed by atoms with E-state index in [0.29, 0.717) is 12.5 Å². The SMILES string of the molecule is O=C(NCCC1CCCNC1)c1ccc([N+](=O)[O-])cc1F. The molecule has 1 aromatic rings. The van der Waals surface area contributed by atoms with Gasteiger partial charge in [0.2, 0.25) is 0 Å². The Morgan fingerprint density at radius 1 is 1.52 bits per heavy atom. The van der Waals surface area contributed by atoms with E-state index >= 15 is 0 Å². The standard InChI is InChI=1S/C14H18FN3O3/c15-13-8-11(18(20)21)3-4-12(13)14(19)17-7-5-10-2-1-6-16-9-10/h3-4,8,10,16H,1-2,5-7,9H2,(H,17,19). The third kappa shape index (κ3) is 4.22. The minimum atomic E-state index is -0.874. The predicted octanol–water partition coefficient (Wildman–Crippen LogP) is 1.85. The molecular weight excluding hydrogens is 277 g/mol. The van der Waals surface area contributed by atoms with Crippen molar-refractivity contribution in [3.8, 4) is 0 Å². The molecule has 6 nitrogen and oxygen atoms in total. The fraction of sp³-hybridized carbons (Fsp3) is 0.500. The molecule has 1 aliphatic rings. The molecule has 1 atom stereocenters. The van der Waals surface area contributed by atoms with Crippen LogP contribution >= 0.6 is 0 Å². The maximum Gasteiger partial charge on any atom is 0.272 e. The smallest absolute Gasteiger partial charge is 0.272 e. The molecule has 1 aliphatic heterocycles. The van der Waals surface area contributed by atoms with Crippen LogP contribution in [-0.4, -0.2) is 30.5 Å². The number of amides is 1. The number of nitro benzene ring substituents is 1. The van der Waals surface area contributed by atoms with Crippen molar-refractivity contribution < 1.29 is 14.1 Å². The maximum absolute atomic E-state index is 13.7. The molecule has 2 rings (SSSR count). The summed E-state index contributed by atoms with van der Waals surface area (Å²) < 4.78 is 13.7. The Hall–Kier alpha value is -2.02. The number of nitro groups is 1. The van der Waals surface area contributed by atoms with Crippen molar-refractivity contribution >= 4 is 11.6 Å². The molecule has 0 saturated carbocycles. The molecule has 2 N–H and O–H groups in total. The number of nitrogens with zero attached hydrogens (tertiary/aromatic N) is 1. The van der Waals surface area contributed by atoms with E-state index in [-0.39, 0.29) is 11.3 Å². The molecule has 0 spiro atoms. The number of hydrogen-bond acceptors (Lipinski definition) is 4. The Labute approximate surface area is 121 Å². The second-order valence-electron chi connectivity index (χ2n) is 5.18. The highest BCUT2D eigenvalue weighted by molar-refractivity contribution is 5.94. The van der Waals surface area contributed by atoms with Crippen molar-refractivity contribution in [2.45, 2.75) is 19.3 Å². The van der Waals surface area contributed by atoms with Crippen LogP contribution < -0.4 is 10.6 Å². The van der Waals surface area contributed by atoms with Crippen LogP contribution in [0.15, 0.2) is 18.2 Å². The molecule has 7 heteroatoms. The summed E-state index contributed by atoms with van der Waals surface area (Å²) >= 11 is 0. The summed E-state index contributed by atoms with van der Waals surface area (Å²) in [7, 11) is 0. The largest absolute Gasteiger partial charge is 0.352 e. The molecule has 1 amide bonds. The van der Waals surface area contributed by atoms with Crippen molar-refractivity contribution in [1.82, 2.24) is 10.6 Å². The maximum atomic E-state index is 13.7. The third-order valence-electron chi connectivity index (χ3n) is 3.65. The van der Waals surface area contributed by atoms with Crippen LogP contribution in [0.1, 0.15) is 29.6 Å². The minimum absolute atomic E-state index is 0.164. The van der Waals surface area contributed by atoms with Gasteiger partial charge in [0.25, 0.3) is 11.6 Å². The summed E-state index contributed by atoms with van der Waals surface area (Å²) in [6, 6.07) is 3.04. The first-order valence-electron chi connectivity index (χ1n) is 7.01. The number of piperidine rings is 1. The quantitative estimate of drug-likeness (QED) is 0.641. The Morgan fingerprint density at radius 2 is 2.33 bits per heavy atom. The number of carbonyl (C=O) groups excluding carboxylic acids is 1. The molecule has 0 radical (unpaired) electrons. The number of non-ortho nitro benzene ring substituents is 1. The summed E-state index contributed by atoms with van der Waals surface area (Å²) in [5, 5.41) is 16.5. The Balaban J connectivity index is 1.86. The Morgan fingerprint density at radius 3 is 2.95 bits per heavy atom. The van der Waals surface area contributed by atoms with Crippen LogP contribution in [0.3, 0.4) is 0 Å². The topological polar surface area (TPSA) is 84.3 Å². The normalized spacial score (nSPS) is 18.2. The average Bonchev–Trinajstić information content (AvgIpc) is 2.48. The Bertz CT molecular complexity index is 530. The third-order valence-corrected chi connectivity index (χ3v) is 3.65. The van der Waals surface area contributed by atoms with Crippen molar-refractivity contribution in [2.24, 2.45) is 5.92 Å². The first kappa shape index (κ1) is 15.4. The summed E-state index contributed by atoms with van der Waals surface area (Å²) in [5.74, 6) is -0.882. The molecule has 0 aliphatic carbocycles. The number of nitrogens with one attached hydrogen (secondary N) is 2. The van der Waals surface area contributed by atoms with E-state index < -0.39 is 16.6 Å². The van der Waals surface area contributed by atoms with Gasteiger partial charge in [-0.2, -0.15) is 0 Å². The fourth-order valence-electron chi connectivity index (χ4n) is 2.46. The molecule has 1 heterocycles. The molecular formula is C14H18FN3O3. The van der Waals surface area contributed by atoms with Gasteiger partial charge in [-0.1, -0.05) is 0 Å².